The van der Waals surface area contributed by atoms with Crippen molar-refractivity contribution in [1.82, 2.24) is 4.98 Å². The highest BCUT2D eigenvalue weighted by atomic mass is 16.1. The van der Waals surface area contributed by atoms with Crippen molar-refractivity contribution in [3.05, 3.63) is 84.2 Å². The molecular weight excluding hydrogens is 286 g/mol. The highest BCUT2D eigenvalue weighted by molar-refractivity contribution is 6.04. The van der Waals surface area contributed by atoms with Crippen molar-refractivity contribution >= 4 is 11.6 Å². The molecule has 1 aromatic heterocycles. The molecule has 1 amide bonds. The number of nitrogens with zero attached hydrogens (tertiary/aromatic N) is 1. The molecule has 0 saturated carbocycles. The van der Waals surface area contributed by atoms with Crippen LogP contribution in [0.4, 0.5) is 5.69 Å². The first-order valence-electron chi connectivity index (χ1n) is 7.58. The number of nitrogens with two attached hydrogens (primary N) is 1. The van der Waals surface area contributed by atoms with Gasteiger partial charge >= 0.3 is 0 Å². The molecule has 0 bridgehead atoms. The summed E-state index contributed by atoms with van der Waals surface area (Å²) in [6.45, 7) is 0. The van der Waals surface area contributed by atoms with Gasteiger partial charge in [-0.2, -0.15) is 0 Å². The molecule has 3 N–H and O–H groups in total. The molecule has 1 heterocycles. The maximum Gasteiger partial charge on any atom is 0.255 e. The maximum absolute atomic E-state index is 12.2. The zero-order valence-electron chi connectivity index (χ0n) is 12.8. The topological polar surface area (TPSA) is 68.0 Å². The number of aromatic nitrogens is 1. The molecule has 4 nitrogen and oxygen atoms in total. The second kappa shape index (κ2) is 6.58. The quantitative estimate of drug-likeness (QED) is 0.912. The highest BCUT2D eigenvalue weighted by Crippen LogP contribution is 2.20. The number of hydrogen-bond acceptors (Lipinski definition) is 3. The van der Waals surface area contributed by atoms with Gasteiger partial charge in [0.25, 0.3) is 5.91 Å². The second-order valence-corrected chi connectivity index (χ2v) is 5.79. The second-order valence-electron chi connectivity index (χ2n) is 5.79. The number of pyridine rings is 1. The maximum atomic E-state index is 12.2. The predicted molar refractivity (Wildman–Crippen MR) is 92.2 cm³/mol. The van der Waals surface area contributed by atoms with Crippen LogP contribution in [-0.4, -0.2) is 16.4 Å². The first kappa shape index (κ1) is 15.2. The standard InChI is InChI=1S/C19H19N3O/c20-19(10-2-1-3-11-19)14-15-4-6-16(7-5-15)18(23)22-17-8-12-21-13-9-17/h1-10,12-13H,11,14,20H2,(H,21,22,23). The van der Waals surface area contributed by atoms with Gasteiger partial charge in [-0.05, 0) is 42.7 Å². The van der Waals surface area contributed by atoms with Crippen molar-refractivity contribution in [2.45, 2.75) is 18.4 Å². The summed E-state index contributed by atoms with van der Waals surface area (Å²) in [5, 5.41) is 2.84. The van der Waals surface area contributed by atoms with Crippen molar-refractivity contribution < 1.29 is 4.79 Å². The van der Waals surface area contributed by atoms with Gasteiger partial charge in [-0.3, -0.25) is 9.78 Å². The summed E-state index contributed by atoms with van der Waals surface area (Å²) >= 11 is 0. The minimum atomic E-state index is -0.338. The van der Waals surface area contributed by atoms with Gasteiger partial charge in [0.2, 0.25) is 0 Å². The molecule has 1 aliphatic rings. The normalized spacial score (nSPS) is 19.5. The summed E-state index contributed by atoms with van der Waals surface area (Å²) in [6.07, 6.45) is 13.0. The largest absolute Gasteiger partial charge is 0.322 e. The average molecular weight is 305 g/mol. The summed E-state index contributed by atoms with van der Waals surface area (Å²) in [5.74, 6) is -0.134. The van der Waals surface area contributed by atoms with Crippen molar-refractivity contribution in [2.75, 3.05) is 5.32 Å². The Morgan fingerprint density at radius 3 is 2.52 bits per heavy atom. The van der Waals surface area contributed by atoms with Gasteiger partial charge in [0, 0.05) is 29.2 Å². The third-order valence-electron chi connectivity index (χ3n) is 3.86. The smallest absolute Gasteiger partial charge is 0.255 e. The van der Waals surface area contributed by atoms with E-state index in [2.05, 4.69) is 16.4 Å². The van der Waals surface area contributed by atoms with Crippen LogP contribution in [0.15, 0.2) is 73.1 Å². The Balaban J connectivity index is 1.66. The number of amides is 1. The van der Waals surface area contributed by atoms with Crippen LogP contribution < -0.4 is 11.1 Å². The lowest BCUT2D eigenvalue weighted by molar-refractivity contribution is 0.102. The van der Waals surface area contributed by atoms with Gasteiger partial charge in [-0.15, -0.1) is 0 Å². The molecule has 23 heavy (non-hydrogen) atoms. The Labute approximate surface area is 135 Å². The van der Waals surface area contributed by atoms with Gasteiger partial charge < -0.3 is 11.1 Å². The minimum absolute atomic E-state index is 0.134. The summed E-state index contributed by atoms with van der Waals surface area (Å²) in [6, 6.07) is 11.1. The molecule has 0 saturated heterocycles. The number of carbonyl (C=O) groups excluding carboxylic acids is 1. The average Bonchev–Trinajstić information content (AvgIpc) is 2.57. The van der Waals surface area contributed by atoms with Crippen molar-refractivity contribution in [3.63, 3.8) is 0 Å². The number of nitrogens with one attached hydrogen (secondary N) is 1. The number of hydrogen-bond donors (Lipinski definition) is 2. The van der Waals surface area contributed by atoms with Crippen molar-refractivity contribution in [3.8, 4) is 0 Å². The Hall–Kier alpha value is -2.72. The van der Waals surface area contributed by atoms with Crippen LogP contribution in [0.5, 0.6) is 0 Å². The molecule has 1 aromatic carbocycles. The molecule has 0 radical (unpaired) electrons. The number of rotatable bonds is 4. The van der Waals surface area contributed by atoms with E-state index in [0.717, 1.165) is 24.1 Å². The summed E-state index contributed by atoms with van der Waals surface area (Å²) in [7, 11) is 0. The van der Waals surface area contributed by atoms with Crippen LogP contribution >= 0.6 is 0 Å². The zero-order valence-corrected chi connectivity index (χ0v) is 12.8. The van der Waals surface area contributed by atoms with Crippen LogP contribution in [-0.2, 0) is 6.42 Å². The Bertz CT molecular complexity index is 735. The lowest BCUT2D eigenvalue weighted by Gasteiger charge is -2.26. The first-order chi connectivity index (χ1) is 11.1. The molecule has 0 spiro atoms. The molecule has 0 aliphatic heterocycles. The molecule has 2 aromatic rings. The lowest BCUT2D eigenvalue weighted by Crippen LogP contribution is -2.40. The zero-order chi connectivity index (χ0) is 16.1. The Morgan fingerprint density at radius 2 is 1.87 bits per heavy atom. The first-order valence-corrected chi connectivity index (χ1v) is 7.58. The molecule has 4 heteroatoms. The van der Waals surface area contributed by atoms with Crippen LogP contribution in [0, 0.1) is 0 Å². The predicted octanol–water partition coefficient (Wildman–Crippen LogP) is 3.09. The van der Waals surface area contributed by atoms with Gasteiger partial charge in [0.05, 0.1) is 0 Å². The number of carbonyl (C=O) groups is 1. The Kier molecular flexibility index (Phi) is 4.35. The van der Waals surface area contributed by atoms with Crippen LogP contribution in [0.1, 0.15) is 22.3 Å². The van der Waals surface area contributed by atoms with Gasteiger partial charge in [0.1, 0.15) is 0 Å². The summed E-state index contributed by atoms with van der Waals surface area (Å²) < 4.78 is 0. The highest BCUT2D eigenvalue weighted by Gasteiger charge is 2.21. The van der Waals surface area contributed by atoms with E-state index in [1.165, 1.54) is 0 Å². The van der Waals surface area contributed by atoms with Crippen molar-refractivity contribution in [2.24, 2.45) is 5.73 Å². The third-order valence-corrected chi connectivity index (χ3v) is 3.86. The number of allylic oxidation sites excluding steroid dienone is 2. The molecule has 116 valence electrons. The van der Waals surface area contributed by atoms with E-state index in [-0.39, 0.29) is 11.4 Å². The summed E-state index contributed by atoms with van der Waals surface area (Å²) in [4.78, 5) is 16.1. The third kappa shape index (κ3) is 3.93. The van der Waals surface area contributed by atoms with Gasteiger partial charge in [-0.25, -0.2) is 0 Å². The van der Waals surface area contributed by atoms with Crippen molar-refractivity contribution in [1.29, 1.82) is 0 Å². The van der Waals surface area contributed by atoms with E-state index in [9.17, 15) is 4.79 Å². The lowest BCUT2D eigenvalue weighted by atomic mass is 9.86. The molecular formula is C19H19N3O. The van der Waals surface area contributed by atoms with E-state index < -0.39 is 0 Å². The Morgan fingerprint density at radius 1 is 1.13 bits per heavy atom. The van der Waals surface area contributed by atoms with Crippen LogP contribution in [0.2, 0.25) is 0 Å². The fourth-order valence-corrected chi connectivity index (χ4v) is 2.60. The number of benzene rings is 1. The molecule has 3 rings (SSSR count). The van der Waals surface area contributed by atoms with E-state index in [1.807, 2.05) is 42.5 Å². The van der Waals surface area contributed by atoms with E-state index in [4.69, 9.17) is 5.73 Å². The van der Waals surface area contributed by atoms with Crippen LogP contribution in [0.25, 0.3) is 0 Å². The summed E-state index contributed by atoms with van der Waals surface area (Å²) in [5.41, 5.74) is 8.50. The van der Waals surface area contributed by atoms with Gasteiger partial charge in [0.15, 0.2) is 0 Å². The van der Waals surface area contributed by atoms with E-state index in [1.54, 1.807) is 24.5 Å². The molecule has 1 aliphatic carbocycles. The molecule has 1 atom stereocenters. The van der Waals surface area contributed by atoms with Gasteiger partial charge in [-0.1, -0.05) is 36.4 Å². The van der Waals surface area contributed by atoms with E-state index >= 15 is 0 Å². The SMILES string of the molecule is NC1(Cc2ccc(C(=O)Nc3ccncc3)cc2)C=CC=CC1. The monoisotopic (exact) mass is 305 g/mol. The van der Waals surface area contributed by atoms with E-state index in [0.29, 0.717) is 5.56 Å². The minimum Gasteiger partial charge on any atom is -0.322 e. The molecule has 1 unspecified atom stereocenters. The fraction of sp³-hybridized carbons (Fsp3) is 0.158. The number of anilines is 1. The van der Waals surface area contributed by atoms with Crippen LogP contribution in [0.3, 0.4) is 0 Å². The fourth-order valence-electron chi connectivity index (χ4n) is 2.60. The molecule has 0 fully saturated rings.